The minimum atomic E-state index is -0.134. The lowest BCUT2D eigenvalue weighted by molar-refractivity contribution is -0.118. The number of fused-ring (bicyclic) bond motifs is 1. The van der Waals surface area contributed by atoms with Gasteiger partial charge in [0.05, 0.1) is 12.2 Å². The fraction of sp³-hybridized carbons (Fsp3) is 0.333. The van der Waals surface area contributed by atoms with Crippen LogP contribution in [-0.4, -0.2) is 31.6 Å². The highest BCUT2D eigenvalue weighted by Crippen LogP contribution is 2.37. The topological polar surface area (TPSA) is 80.0 Å². The Labute approximate surface area is 104 Å². The molecule has 2 heterocycles. The van der Waals surface area contributed by atoms with Crippen LogP contribution in [0.3, 0.4) is 0 Å². The van der Waals surface area contributed by atoms with E-state index in [2.05, 4.69) is 10.3 Å². The molecule has 6 nitrogen and oxygen atoms in total. The summed E-state index contributed by atoms with van der Waals surface area (Å²) in [6.45, 7) is 3.47. The molecule has 3 N–H and O–H groups in total. The Kier molecular flexibility index (Phi) is 2.36. The van der Waals surface area contributed by atoms with E-state index in [1.807, 2.05) is 24.0 Å². The third-order valence-corrected chi connectivity index (χ3v) is 3.19. The second-order valence-electron chi connectivity index (χ2n) is 4.31. The number of aliphatic imine (C=N–C) groups is 1. The van der Waals surface area contributed by atoms with Gasteiger partial charge in [0.15, 0.2) is 12.6 Å². The Morgan fingerprint density at radius 2 is 2.33 bits per heavy atom. The number of hydrogen-bond acceptors (Lipinski definition) is 5. The summed E-state index contributed by atoms with van der Waals surface area (Å²) in [5.41, 5.74) is 8.47. The Bertz CT molecular complexity index is 553. The van der Waals surface area contributed by atoms with Crippen LogP contribution in [-0.2, 0) is 4.79 Å². The highest BCUT2D eigenvalue weighted by Gasteiger charge is 2.24. The second-order valence-corrected chi connectivity index (χ2v) is 4.31. The van der Waals surface area contributed by atoms with Gasteiger partial charge in [0.2, 0.25) is 0 Å². The van der Waals surface area contributed by atoms with Crippen molar-refractivity contribution in [2.45, 2.75) is 6.92 Å². The normalized spacial score (nSPS) is 17.9. The Balaban J connectivity index is 2.05. The fourth-order valence-electron chi connectivity index (χ4n) is 2.27. The van der Waals surface area contributed by atoms with Crippen LogP contribution in [0.2, 0.25) is 0 Å². The molecule has 1 aromatic rings. The third kappa shape index (κ3) is 1.57. The maximum atomic E-state index is 11.4. The number of carbonyl (C=O) groups excluding carboxylic acids is 1. The number of anilines is 2. The zero-order chi connectivity index (χ0) is 12.7. The van der Waals surface area contributed by atoms with Gasteiger partial charge in [-0.15, -0.1) is 0 Å². The van der Waals surface area contributed by atoms with Gasteiger partial charge in [0.25, 0.3) is 5.91 Å². The predicted octanol–water partition coefficient (Wildman–Crippen LogP) is 0.461. The lowest BCUT2D eigenvalue weighted by atomic mass is 10.1. The molecule has 6 heteroatoms. The molecule has 0 radical (unpaired) electrons. The molecule has 2 aliphatic rings. The van der Waals surface area contributed by atoms with Crippen molar-refractivity contribution in [3.63, 3.8) is 0 Å². The molecule has 0 aliphatic carbocycles. The van der Waals surface area contributed by atoms with Gasteiger partial charge in [-0.1, -0.05) is 0 Å². The first kappa shape index (κ1) is 10.9. The Morgan fingerprint density at radius 3 is 3.06 bits per heavy atom. The van der Waals surface area contributed by atoms with E-state index in [4.69, 9.17) is 10.5 Å². The van der Waals surface area contributed by atoms with E-state index in [1.165, 1.54) is 0 Å². The molecule has 0 saturated carbocycles. The van der Waals surface area contributed by atoms with Crippen molar-refractivity contribution >= 4 is 23.2 Å². The largest absolute Gasteiger partial charge is 0.482 e. The van der Waals surface area contributed by atoms with Crippen molar-refractivity contribution in [2.75, 3.05) is 29.9 Å². The highest BCUT2D eigenvalue weighted by molar-refractivity contribution is 6.01. The Hall–Kier alpha value is -2.24. The van der Waals surface area contributed by atoms with Crippen LogP contribution >= 0.6 is 0 Å². The number of nitrogens with zero attached hydrogens (tertiary/aromatic N) is 2. The van der Waals surface area contributed by atoms with Crippen molar-refractivity contribution < 1.29 is 9.53 Å². The number of rotatable bonds is 1. The number of ether oxygens (including phenoxy) is 1. The van der Waals surface area contributed by atoms with Crippen LogP contribution in [0.15, 0.2) is 17.1 Å². The average molecular weight is 246 g/mol. The quantitative estimate of drug-likeness (QED) is 0.754. The summed E-state index contributed by atoms with van der Waals surface area (Å²) >= 11 is 0. The molecule has 18 heavy (non-hydrogen) atoms. The maximum absolute atomic E-state index is 11.4. The van der Waals surface area contributed by atoms with Gasteiger partial charge in [-0.3, -0.25) is 9.79 Å². The van der Waals surface area contributed by atoms with E-state index in [0.29, 0.717) is 18.3 Å². The van der Waals surface area contributed by atoms with Crippen molar-refractivity contribution in [2.24, 2.45) is 10.7 Å². The predicted molar refractivity (Wildman–Crippen MR) is 69.1 cm³/mol. The molecule has 0 bridgehead atoms. The standard InChI is InChI=1S/C12H14N4O2/c1-7-8(16-5-4-14-12(16)13)2-3-9-11(7)15-10(17)6-18-9/h2-3H,4-6H2,1H3,(H2,13,14)(H,15,17). The van der Waals surface area contributed by atoms with Gasteiger partial charge in [0.1, 0.15) is 5.75 Å². The molecule has 0 fully saturated rings. The third-order valence-electron chi connectivity index (χ3n) is 3.19. The zero-order valence-electron chi connectivity index (χ0n) is 10.1. The summed E-state index contributed by atoms with van der Waals surface area (Å²) in [6, 6.07) is 3.79. The lowest BCUT2D eigenvalue weighted by Gasteiger charge is -2.25. The van der Waals surface area contributed by atoms with E-state index in [-0.39, 0.29) is 12.5 Å². The molecule has 3 rings (SSSR count). The molecule has 0 aromatic heterocycles. The molecule has 1 aromatic carbocycles. The number of amides is 1. The van der Waals surface area contributed by atoms with Crippen LogP contribution < -0.4 is 20.7 Å². The summed E-state index contributed by atoms with van der Waals surface area (Å²) in [5, 5.41) is 2.84. The van der Waals surface area contributed by atoms with Crippen LogP contribution in [0.1, 0.15) is 5.56 Å². The number of guanidine groups is 1. The maximum Gasteiger partial charge on any atom is 0.262 e. The molecule has 94 valence electrons. The number of nitrogens with two attached hydrogens (primary N) is 1. The number of carbonyl (C=O) groups is 1. The fourth-order valence-corrected chi connectivity index (χ4v) is 2.27. The first-order chi connectivity index (χ1) is 8.66. The lowest BCUT2D eigenvalue weighted by Crippen LogP contribution is -2.34. The number of nitrogens with one attached hydrogen (secondary N) is 1. The van der Waals surface area contributed by atoms with Gasteiger partial charge < -0.3 is 20.7 Å². The first-order valence-electron chi connectivity index (χ1n) is 5.80. The van der Waals surface area contributed by atoms with Crippen LogP contribution in [0.5, 0.6) is 5.75 Å². The van der Waals surface area contributed by atoms with E-state index in [9.17, 15) is 4.79 Å². The minimum absolute atomic E-state index is 0.0685. The van der Waals surface area contributed by atoms with E-state index >= 15 is 0 Å². The van der Waals surface area contributed by atoms with Gasteiger partial charge >= 0.3 is 0 Å². The SMILES string of the molecule is Cc1c(N2CCN=C2N)ccc2c1NC(=O)CO2. The van der Waals surface area contributed by atoms with Gasteiger partial charge in [-0.05, 0) is 19.1 Å². The summed E-state index contributed by atoms with van der Waals surface area (Å²) in [5.74, 6) is 1.08. The average Bonchev–Trinajstić information content (AvgIpc) is 2.77. The summed E-state index contributed by atoms with van der Waals surface area (Å²) in [6.07, 6.45) is 0. The second kappa shape index (κ2) is 3.90. The monoisotopic (exact) mass is 246 g/mol. The minimum Gasteiger partial charge on any atom is -0.482 e. The molecular weight excluding hydrogens is 232 g/mol. The van der Waals surface area contributed by atoms with Crippen LogP contribution in [0, 0.1) is 6.92 Å². The van der Waals surface area contributed by atoms with Crippen molar-refractivity contribution in [3.8, 4) is 5.75 Å². The highest BCUT2D eigenvalue weighted by atomic mass is 16.5. The molecule has 0 unspecified atom stereocenters. The molecule has 1 amide bonds. The van der Waals surface area contributed by atoms with Crippen molar-refractivity contribution in [3.05, 3.63) is 17.7 Å². The number of benzene rings is 1. The molecule has 0 atom stereocenters. The van der Waals surface area contributed by atoms with Crippen LogP contribution in [0.4, 0.5) is 11.4 Å². The molecule has 2 aliphatic heterocycles. The van der Waals surface area contributed by atoms with Gasteiger partial charge in [-0.2, -0.15) is 0 Å². The van der Waals surface area contributed by atoms with Crippen LogP contribution in [0.25, 0.3) is 0 Å². The summed E-state index contributed by atoms with van der Waals surface area (Å²) in [7, 11) is 0. The molecule has 0 saturated heterocycles. The van der Waals surface area contributed by atoms with Gasteiger partial charge in [0, 0.05) is 17.8 Å². The molecule has 0 spiro atoms. The zero-order valence-corrected chi connectivity index (χ0v) is 10.1. The first-order valence-corrected chi connectivity index (χ1v) is 5.80. The van der Waals surface area contributed by atoms with E-state index in [1.54, 1.807) is 0 Å². The summed E-state index contributed by atoms with van der Waals surface area (Å²) < 4.78 is 5.37. The summed E-state index contributed by atoms with van der Waals surface area (Å²) in [4.78, 5) is 17.5. The van der Waals surface area contributed by atoms with Gasteiger partial charge in [-0.25, -0.2) is 0 Å². The van der Waals surface area contributed by atoms with Crippen molar-refractivity contribution in [1.29, 1.82) is 0 Å². The Morgan fingerprint density at radius 1 is 1.50 bits per heavy atom. The van der Waals surface area contributed by atoms with E-state index < -0.39 is 0 Å². The molecular formula is C12H14N4O2. The van der Waals surface area contributed by atoms with Crippen molar-refractivity contribution in [1.82, 2.24) is 0 Å². The van der Waals surface area contributed by atoms with E-state index in [0.717, 1.165) is 23.5 Å². The number of hydrogen-bond donors (Lipinski definition) is 2. The smallest absolute Gasteiger partial charge is 0.262 e.